The number of nitrogens with one attached hydrogen (secondary N) is 1. The lowest BCUT2D eigenvalue weighted by Crippen LogP contribution is -2.09. The van der Waals surface area contributed by atoms with E-state index in [1.165, 1.54) is 0 Å². The van der Waals surface area contributed by atoms with Crippen LogP contribution in [0.5, 0.6) is 6.01 Å². The molecule has 2 aromatic heterocycles. The minimum atomic E-state index is 0.299. The Morgan fingerprint density at radius 2 is 2.11 bits per heavy atom. The maximum atomic E-state index is 5.12. The normalized spacial score (nSPS) is 10.5. The standard InChI is InChI=1S/C12H18N6O/c1-4-7-13-11-15-10(16-12(17-11)19-3)9-6-8-14-18(9)5-2/h6,8H,4-5,7H2,1-3H3,(H,13,15,16,17). The largest absolute Gasteiger partial charge is 0.467 e. The molecule has 0 aromatic carbocycles. The molecule has 7 heteroatoms. The molecule has 0 saturated carbocycles. The van der Waals surface area contributed by atoms with Crippen molar-refractivity contribution in [1.29, 1.82) is 0 Å². The van der Waals surface area contributed by atoms with Crippen LogP contribution in [0.3, 0.4) is 0 Å². The van der Waals surface area contributed by atoms with Crippen molar-refractivity contribution in [3.63, 3.8) is 0 Å². The third kappa shape index (κ3) is 2.98. The van der Waals surface area contributed by atoms with Crippen LogP contribution in [-0.4, -0.2) is 38.4 Å². The number of methoxy groups -OCH3 is 1. The van der Waals surface area contributed by atoms with Gasteiger partial charge < -0.3 is 10.1 Å². The fraction of sp³-hybridized carbons (Fsp3) is 0.500. The molecule has 0 spiro atoms. The van der Waals surface area contributed by atoms with E-state index >= 15 is 0 Å². The maximum absolute atomic E-state index is 5.12. The summed E-state index contributed by atoms with van der Waals surface area (Å²) in [4.78, 5) is 12.8. The van der Waals surface area contributed by atoms with Crippen LogP contribution in [0, 0.1) is 0 Å². The monoisotopic (exact) mass is 262 g/mol. The second-order valence-electron chi connectivity index (χ2n) is 3.93. The highest BCUT2D eigenvalue weighted by atomic mass is 16.5. The van der Waals surface area contributed by atoms with Crippen LogP contribution in [0.4, 0.5) is 5.95 Å². The van der Waals surface area contributed by atoms with Crippen LogP contribution in [0.25, 0.3) is 11.5 Å². The van der Waals surface area contributed by atoms with Crippen molar-refractivity contribution in [2.75, 3.05) is 19.0 Å². The van der Waals surface area contributed by atoms with Gasteiger partial charge in [-0.15, -0.1) is 0 Å². The van der Waals surface area contributed by atoms with Crippen LogP contribution < -0.4 is 10.1 Å². The Morgan fingerprint density at radius 1 is 1.26 bits per heavy atom. The first-order valence-corrected chi connectivity index (χ1v) is 6.34. The second-order valence-corrected chi connectivity index (χ2v) is 3.93. The number of nitrogens with zero attached hydrogens (tertiary/aromatic N) is 5. The summed E-state index contributed by atoms with van der Waals surface area (Å²) in [6.07, 6.45) is 2.73. The van der Waals surface area contributed by atoms with E-state index < -0.39 is 0 Å². The molecule has 0 saturated heterocycles. The smallest absolute Gasteiger partial charge is 0.321 e. The van der Waals surface area contributed by atoms with Gasteiger partial charge in [0, 0.05) is 19.3 Å². The Balaban J connectivity index is 2.38. The van der Waals surface area contributed by atoms with Gasteiger partial charge in [0.2, 0.25) is 5.95 Å². The van der Waals surface area contributed by atoms with Gasteiger partial charge in [-0.05, 0) is 19.4 Å². The molecule has 0 aliphatic carbocycles. The topological polar surface area (TPSA) is 77.8 Å². The molecule has 0 aliphatic heterocycles. The number of anilines is 1. The molecule has 0 unspecified atom stereocenters. The third-order valence-electron chi connectivity index (χ3n) is 2.58. The molecule has 2 aromatic rings. The average Bonchev–Trinajstić information content (AvgIpc) is 2.93. The van der Waals surface area contributed by atoms with Crippen molar-refractivity contribution in [3.8, 4) is 17.5 Å². The van der Waals surface area contributed by atoms with Gasteiger partial charge in [-0.1, -0.05) is 6.92 Å². The molecule has 0 bridgehead atoms. The molecule has 19 heavy (non-hydrogen) atoms. The molecule has 1 N–H and O–H groups in total. The fourth-order valence-electron chi connectivity index (χ4n) is 1.65. The highest BCUT2D eigenvalue weighted by Gasteiger charge is 2.12. The maximum Gasteiger partial charge on any atom is 0.321 e. The first-order valence-electron chi connectivity index (χ1n) is 6.34. The molecule has 0 aliphatic rings. The highest BCUT2D eigenvalue weighted by molar-refractivity contribution is 5.51. The minimum absolute atomic E-state index is 0.299. The first-order chi connectivity index (χ1) is 9.28. The molecule has 0 atom stereocenters. The Bertz CT molecular complexity index is 539. The summed E-state index contributed by atoms with van der Waals surface area (Å²) in [5, 5.41) is 7.35. The van der Waals surface area contributed by atoms with Crippen molar-refractivity contribution in [2.45, 2.75) is 26.8 Å². The van der Waals surface area contributed by atoms with E-state index in [9.17, 15) is 0 Å². The van der Waals surface area contributed by atoms with E-state index in [-0.39, 0.29) is 0 Å². The fourth-order valence-corrected chi connectivity index (χ4v) is 1.65. The minimum Gasteiger partial charge on any atom is -0.467 e. The Morgan fingerprint density at radius 3 is 2.79 bits per heavy atom. The Hall–Kier alpha value is -2.18. The van der Waals surface area contributed by atoms with Gasteiger partial charge in [0.05, 0.1) is 7.11 Å². The number of ether oxygens (including phenoxy) is 1. The van der Waals surface area contributed by atoms with Gasteiger partial charge in [0.25, 0.3) is 0 Å². The summed E-state index contributed by atoms with van der Waals surface area (Å²) in [6, 6.07) is 2.18. The van der Waals surface area contributed by atoms with Crippen molar-refractivity contribution >= 4 is 5.95 Å². The molecule has 0 radical (unpaired) electrons. The lowest BCUT2D eigenvalue weighted by atomic mass is 10.4. The van der Waals surface area contributed by atoms with Crippen molar-refractivity contribution in [2.24, 2.45) is 0 Å². The summed E-state index contributed by atoms with van der Waals surface area (Å²) in [6.45, 7) is 5.66. The van der Waals surface area contributed by atoms with Crippen molar-refractivity contribution < 1.29 is 4.74 Å². The van der Waals surface area contributed by atoms with Gasteiger partial charge in [-0.25, -0.2) is 0 Å². The number of hydrogen-bond acceptors (Lipinski definition) is 6. The summed E-state index contributed by atoms with van der Waals surface area (Å²) in [5.41, 5.74) is 0.850. The predicted octanol–water partition coefficient (Wildman–Crippen LogP) is 1.59. The van der Waals surface area contributed by atoms with Crippen LogP contribution in [0.1, 0.15) is 20.3 Å². The van der Waals surface area contributed by atoms with E-state index in [2.05, 4.69) is 32.3 Å². The number of aromatic nitrogens is 5. The molecule has 7 nitrogen and oxygen atoms in total. The van der Waals surface area contributed by atoms with Crippen LogP contribution >= 0.6 is 0 Å². The van der Waals surface area contributed by atoms with Crippen LogP contribution in [0.15, 0.2) is 12.3 Å². The molecule has 2 rings (SSSR count). The lowest BCUT2D eigenvalue weighted by molar-refractivity contribution is 0.379. The highest BCUT2D eigenvalue weighted by Crippen LogP contribution is 2.18. The molecular formula is C12H18N6O. The number of hydrogen-bond donors (Lipinski definition) is 1. The molecule has 0 amide bonds. The Labute approximate surface area is 112 Å². The molecule has 2 heterocycles. The molecular weight excluding hydrogens is 244 g/mol. The summed E-state index contributed by atoms with van der Waals surface area (Å²) < 4.78 is 6.95. The van der Waals surface area contributed by atoms with E-state index in [1.54, 1.807) is 13.3 Å². The van der Waals surface area contributed by atoms with Crippen molar-refractivity contribution in [1.82, 2.24) is 24.7 Å². The zero-order valence-electron chi connectivity index (χ0n) is 11.4. The second kappa shape index (κ2) is 6.12. The van der Waals surface area contributed by atoms with Crippen LogP contribution in [-0.2, 0) is 6.54 Å². The summed E-state index contributed by atoms with van der Waals surface area (Å²) >= 11 is 0. The quantitative estimate of drug-likeness (QED) is 0.851. The van der Waals surface area contributed by atoms with Gasteiger partial charge in [-0.3, -0.25) is 4.68 Å². The number of rotatable bonds is 6. The van der Waals surface area contributed by atoms with E-state index in [0.717, 1.165) is 25.2 Å². The first kappa shape index (κ1) is 13.3. The van der Waals surface area contributed by atoms with E-state index in [4.69, 9.17) is 4.74 Å². The predicted molar refractivity (Wildman–Crippen MR) is 72.1 cm³/mol. The average molecular weight is 262 g/mol. The molecule has 0 fully saturated rings. The zero-order valence-corrected chi connectivity index (χ0v) is 11.4. The number of aryl methyl sites for hydroxylation is 1. The van der Waals surface area contributed by atoms with E-state index in [0.29, 0.717) is 17.8 Å². The van der Waals surface area contributed by atoms with Gasteiger partial charge >= 0.3 is 6.01 Å². The van der Waals surface area contributed by atoms with E-state index in [1.807, 2.05) is 17.7 Å². The Kier molecular flexibility index (Phi) is 4.27. The van der Waals surface area contributed by atoms with Gasteiger partial charge in [0.1, 0.15) is 5.69 Å². The molecule has 102 valence electrons. The third-order valence-corrected chi connectivity index (χ3v) is 2.58. The van der Waals surface area contributed by atoms with Crippen molar-refractivity contribution in [3.05, 3.63) is 12.3 Å². The SMILES string of the molecule is CCCNc1nc(OC)nc(-c2ccnn2CC)n1. The van der Waals surface area contributed by atoms with Gasteiger partial charge in [-0.2, -0.15) is 20.1 Å². The zero-order chi connectivity index (χ0) is 13.7. The summed E-state index contributed by atoms with van der Waals surface area (Å²) in [7, 11) is 1.54. The van der Waals surface area contributed by atoms with Crippen LogP contribution in [0.2, 0.25) is 0 Å². The lowest BCUT2D eigenvalue weighted by Gasteiger charge is -2.08. The van der Waals surface area contributed by atoms with Gasteiger partial charge in [0.15, 0.2) is 5.82 Å². The summed E-state index contributed by atoms with van der Waals surface area (Å²) in [5.74, 6) is 1.08.